The average molecular weight is 444 g/mol. The summed E-state index contributed by atoms with van der Waals surface area (Å²) in [5.41, 5.74) is 1.37. The number of anilines is 1. The number of hydrogen-bond acceptors (Lipinski definition) is 7. The first kappa shape index (κ1) is 19.5. The largest absolute Gasteiger partial charge is 0.336 e. The molecule has 0 aromatic carbocycles. The van der Waals surface area contributed by atoms with Gasteiger partial charge in [0.15, 0.2) is 0 Å². The molecule has 0 aliphatic rings. The summed E-state index contributed by atoms with van der Waals surface area (Å²) in [6.07, 6.45) is 0. The van der Waals surface area contributed by atoms with Crippen LogP contribution in [0.3, 0.4) is 0 Å². The van der Waals surface area contributed by atoms with Crippen LogP contribution < -0.4 is 16.2 Å². The molecule has 2 amide bonds. The number of urea groups is 1. The Morgan fingerprint density at radius 3 is 2.72 bits per heavy atom. The van der Waals surface area contributed by atoms with Crippen LogP contribution >= 0.6 is 34.0 Å². The summed E-state index contributed by atoms with van der Waals surface area (Å²) in [6, 6.07) is 10.6. The second-order valence-electron chi connectivity index (χ2n) is 6.05. The number of amides is 2. The smallest absolute Gasteiger partial charge is 0.319 e. The summed E-state index contributed by atoms with van der Waals surface area (Å²) in [6.45, 7) is 2.51. The minimum absolute atomic E-state index is 0.213. The zero-order valence-corrected chi connectivity index (χ0v) is 17.9. The van der Waals surface area contributed by atoms with Crippen molar-refractivity contribution in [3.63, 3.8) is 0 Å². The van der Waals surface area contributed by atoms with Crippen LogP contribution in [-0.4, -0.2) is 27.3 Å². The maximum atomic E-state index is 12.2. The molecule has 0 atom stereocenters. The van der Waals surface area contributed by atoms with Crippen molar-refractivity contribution in [2.24, 2.45) is 0 Å². The molecule has 10 heteroatoms. The Labute approximate surface area is 178 Å². The van der Waals surface area contributed by atoms with Crippen LogP contribution in [0.5, 0.6) is 0 Å². The molecule has 0 bridgehead atoms. The molecule has 0 aliphatic heterocycles. The van der Waals surface area contributed by atoms with Gasteiger partial charge in [0.05, 0.1) is 27.0 Å². The van der Waals surface area contributed by atoms with Gasteiger partial charge in [-0.25, -0.2) is 14.5 Å². The maximum Gasteiger partial charge on any atom is 0.319 e. The Morgan fingerprint density at radius 1 is 1.14 bits per heavy atom. The number of thiophene rings is 2. The summed E-state index contributed by atoms with van der Waals surface area (Å²) in [5, 5.41) is 15.6. The molecule has 0 spiro atoms. The first-order valence-electron chi connectivity index (χ1n) is 8.78. The minimum Gasteiger partial charge on any atom is -0.336 e. The normalized spacial score (nSPS) is 10.8. The highest BCUT2D eigenvalue weighted by Gasteiger charge is 2.14. The standard InChI is InChI=1S/C19H17N5O2S3/c1-12-17(29-18(21-12)14-4-2-10-27-14)13-6-7-16(25)24(23-13)9-8-20-19(26)22-15-5-3-11-28-15/h2-7,10-11H,8-9H2,1H3,(H2,20,22,26). The molecule has 0 radical (unpaired) electrons. The number of carbonyl (C=O) groups is 1. The number of thiazole rings is 1. The average Bonchev–Trinajstić information content (AvgIpc) is 3.45. The summed E-state index contributed by atoms with van der Waals surface area (Å²) in [4.78, 5) is 30.8. The third-order valence-corrected chi connectivity index (χ3v) is 7.00. The van der Waals surface area contributed by atoms with Gasteiger partial charge in [-0.15, -0.1) is 34.0 Å². The summed E-state index contributed by atoms with van der Waals surface area (Å²) >= 11 is 4.64. The summed E-state index contributed by atoms with van der Waals surface area (Å²) < 4.78 is 1.37. The fourth-order valence-corrected chi connectivity index (χ4v) is 5.09. The van der Waals surface area contributed by atoms with E-state index in [4.69, 9.17) is 0 Å². The highest BCUT2D eigenvalue weighted by Crippen LogP contribution is 2.35. The lowest BCUT2D eigenvalue weighted by atomic mass is 10.3. The van der Waals surface area contributed by atoms with Crippen LogP contribution in [0.1, 0.15) is 5.69 Å². The lowest BCUT2D eigenvalue weighted by Gasteiger charge is -2.08. The van der Waals surface area contributed by atoms with E-state index in [-0.39, 0.29) is 24.7 Å². The Kier molecular flexibility index (Phi) is 5.84. The Balaban J connectivity index is 1.45. The lowest BCUT2D eigenvalue weighted by molar-refractivity contribution is 0.251. The van der Waals surface area contributed by atoms with E-state index < -0.39 is 0 Å². The number of aryl methyl sites for hydroxylation is 1. The van der Waals surface area contributed by atoms with Crippen LogP contribution in [0.25, 0.3) is 20.5 Å². The molecule has 4 heterocycles. The van der Waals surface area contributed by atoms with Crippen molar-refractivity contribution in [3.05, 3.63) is 63.2 Å². The molecule has 2 N–H and O–H groups in total. The van der Waals surface area contributed by atoms with E-state index in [0.717, 1.165) is 25.5 Å². The van der Waals surface area contributed by atoms with Gasteiger partial charge in [0.2, 0.25) is 0 Å². The van der Waals surface area contributed by atoms with Gasteiger partial charge in [-0.2, -0.15) is 5.10 Å². The maximum absolute atomic E-state index is 12.2. The summed E-state index contributed by atoms with van der Waals surface area (Å²) in [7, 11) is 0. The predicted molar refractivity (Wildman–Crippen MR) is 119 cm³/mol. The van der Waals surface area contributed by atoms with Crippen molar-refractivity contribution in [2.45, 2.75) is 13.5 Å². The van der Waals surface area contributed by atoms with Crippen molar-refractivity contribution < 1.29 is 4.79 Å². The lowest BCUT2D eigenvalue weighted by Crippen LogP contribution is -2.34. The van der Waals surface area contributed by atoms with Crippen molar-refractivity contribution >= 4 is 45.0 Å². The topological polar surface area (TPSA) is 88.9 Å². The molecule has 29 heavy (non-hydrogen) atoms. The second kappa shape index (κ2) is 8.68. The molecule has 0 saturated heterocycles. The number of rotatable bonds is 6. The molecule has 0 saturated carbocycles. The van der Waals surface area contributed by atoms with E-state index in [0.29, 0.717) is 5.69 Å². The molecular weight excluding hydrogens is 426 g/mol. The first-order chi connectivity index (χ1) is 14.1. The quantitative estimate of drug-likeness (QED) is 0.465. The Morgan fingerprint density at radius 2 is 1.97 bits per heavy atom. The van der Waals surface area contributed by atoms with Gasteiger partial charge in [-0.3, -0.25) is 10.1 Å². The van der Waals surface area contributed by atoms with Crippen LogP contribution in [0.15, 0.2) is 52.0 Å². The zero-order valence-electron chi connectivity index (χ0n) is 15.4. The molecule has 4 rings (SSSR count). The molecule has 0 unspecified atom stereocenters. The van der Waals surface area contributed by atoms with E-state index in [1.54, 1.807) is 28.7 Å². The van der Waals surface area contributed by atoms with Crippen LogP contribution in [0.4, 0.5) is 9.80 Å². The highest BCUT2D eigenvalue weighted by molar-refractivity contribution is 7.23. The molecule has 4 aromatic rings. The molecule has 148 valence electrons. The number of nitrogens with one attached hydrogen (secondary N) is 2. The number of carbonyl (C=O) groups excluding carboxylic acids is 1. The molecule has 0 aliphatic carbocycles. The van der Waals surface area contributed by atoms with Gasteiger partial charge in [0.1, 0.15) is 10.7 Å². The second-order valence-corrected chi connectivity index (χ2v) is 8.94. The predicted octanol–water partition coefficient (Wildman–Crippen LogP) is 4.29. The summed E-state index contributed by atoms with van der Waals surface area (Å²) in [5.74, 6) is 0. The van der Waals surface area contributed by atoms with Gasteiger partial charge < -0.3 is 5.32 Å². The Hall–Kier alpha value is -2.82. The van der Waals surface area contributed by atoms with E-state index in [1.165, 1.54) is 22.1 Å². The number of hydrogen-bond donors (Lipinski definition) is 2. The number of aromatic nitrogens is 3. The zero-order chi connectivity index (χ0) is 20.2. The van der Waals surface area contributed by atoms with Gasteiger partial charge in [-0.05, 0) is 41.9 Å². The van der Waals surface area contributed by atoms with E-state index in [1.807, 2.05) is 41.9 Å². The molecular formula is C19H17N5O2S3. The fourth-order valence-electron chi connectivity index (χ4n) is 2.65. The molecule has 4 aromatic heterocycles. The van der Waals surface area contributed by atoms with Gasteiger partial charge in [0.25, 0.3) is 5.56 Å². The highest BCUT2D eigenvalue weighted by atomic mass is 32.1. The van der Waals surface area contributed by atoms with Crippen molar-refractivity contribution in [2.75, 3.05) is 11.9 Å². The van der Waals surface area contributed by atoms with E-state index in [2.05, 4.69) is 20.7 Å². The van der Waals surface area contributed by atoms with E-state index in [9.17, 15) is 9.59 Å². The fraction of sp³-hybridized carbons (Fsp3) is 0.158. The van der Waals surface area contributed by atoms with Gasteiger partial charge in [-0.1, -0.05) is 6.07 Å². The first-order valence-corrected chi connectivity index (χ1v) is 11.4. The monoisotopic (exact) mass is 443 g/mol. The van der Waals surface area contributed by atoms with Gasteiger partial charge >= 0.3 is 6.03 Å². The molecule has 7 nitrogen and oxygen atoms in total. The van der Waals surface area contributed by atoms with Crippen molar-refractivity contribution in [1.82, 2.24) is 20.1 Å². The minimum atomic E-state index is -0.310. The third-order valence-electron chi connectivity index (χ3n) is 3.99. The van der Waals surface area contributed by atoms with Crippen molar-refractivity contribution in [1.29, 1.82) is 0 Å². The molecule has 0 fully saturated rings. The SMILES string of the molecule is Cc1nc(-c2cccs2)sc1-c1ccc(=O)n(CCNC(=O)Nc2cccs2)n1. The van der Waals surface area contributed by atoms with Crippen LogP contribution in [0, 0.1) is 6.92 Å². The van der Waals surface area contributed by atoms with Crippen LogP contribution in [0.2, 0.25) is 0 Å². The van der Waals surface area contributed by atoms with Crippen LogP contribution in [-0.2, 0) is 6.54 Å². The number of nitrogens with zero attached hydrogens (tertiary/aromatic N) is 3. The van der Waals surface area contributed by atoms with Gasteiger partial charge in [0, 0.05) is 12.6 Å². The third kappa shape index (κ3) is 4.61. The Bertz CT molecular complexity index is 1160. The van der Waals surface area contributed by atoms with Crippen molar-refractivity contribution in [3.8, 4) is 20.5 Å². The van der Waals surface area contributed by atoms with E-state index >= 15 is 0 Å².